The lowest BCUT2D eigenvalue weighted by molar-refractivity contribution is 0.304. The summed E-state index contributed by atoms with van der Waals surface area (Å²) >= 11 is 0. The van der Waals surface area contributed by atoms with Crippen LogP contribution in [0.15, 0.2) is 66.9 Å². The van der Waals surface area contributed by atoms with Gasteiger partial charge in [-0.25, -0.2) is 0 Å². The van der Waals surface area contributed by atoms with Gasteiger partial charge in [0.1, 0.15) is 5.75 Å². The molecule has 0 bridgehead atoms. The van der Waals surface area contributed by atoms with Crippen molar-refractivity contribution in [2.45, 2.75) is 91.9 Å². The summed E-state index contributed by atoms with van der Waals surface area (Å²) in [7, 11) is 0. The third-order valence-corrected chi connectivity index (χ3v) is 7.02. The van der Waals surface area contributed by atoms with Gasteiger partial charge in [-0.1, -0.05) is 122 Å². The molecule has 1 atom stereocenters. The van der Waals surface area contributed by atoms with Crippen LogP contribution in [0.3, 0.4) is 0 Å². The van der Waals surface area contributed by atoms with Gasteiger partial charge in [0.2, 0.25) is 0 Å². The zero-order valence-corrected chi connectivity index (χ0v) is 23.1. The zero-order valence-electron chi connectivity index (χ0n) is 23.1. The number of hydrogen-bond donors (Lipinski definition) is 0. The van der Waals surface area contributed by atoms with Gasteiger partial charge in [0.05, 0.1) is 12.3 Å². The normalized spacial score (nSPS) is 12.1. The minimum atomic E-state index is 0.711. The number of ether oxygens (including phenoxy) is 1. The summed E-state index contributed by atoms with van der Waals surface area (Å²) < 4.78 is 5.93. The van der Waals surface area contributed by atoms with Crippen molar-refractivity contribution < 1.29 is 4.74 Å². The summed E-state index contributed by atoms with van der Waals surface area (Å²) in [6.07, 6.45) is 14.9. The molecule has 0 saturated heterocycles. The number of pyridine rings is 1. The maximum Gasteiger partial charge on any atom is 0.119 e. The third kappa shape index (κ3) is 9.80. The smallest absolute Gasteiger partial charge is 0.119 e. The first-order chi connectivity index (χ1) is 17.5. The fourth-order valence-electron chi connectivity index (χ4n) is 4.74. The monoisotopic (exact) mass is 485 g/mol. The molecule has 1 aromatic heterocycles. The Morgan fingerprint density at radius 1 is 0.667 bits per heavy atom. The quantitative estimate of drug-likeness (QED) is 0.188. The van der Waals surface area contributed by atoms with Crippen molar-refractivity contribution >= 4 is 0 Å². The number of aromatic nitrogens is 1. The SMILES string of the molecule is CCCCCCCCOc1ccc(-c2ccc(-c3ccc(CC(C)CCCC(C)C)cn3)cc2)cc1. The lowest BCUT2D eigenvalue weighted by Gasteiger charge is -2.12. The second-order valence-corrected chi connectivity index (χ2v) is 10.9. The molecule has 2 aromatic carbocycles. The molecule has 0 aliphatic heterocycles. The van der Waals surface area contributed by atoms with E-state index >= 15 is 0 Å². The van der Waals surface area contributed by atoms with Crippen LogP contribution in [0.4, 0.5) is 0 Å². The predicted molar refractivity (Wildman–Crippen MR) is 156 cm³/mol. The number of hydrogen-bond acceptors (Lipinski definition) is 2. The van der Waals surface area contributed by atoms with Gasteiger partial charge in [0.25, 0.3) is 0 Å². The average molecular weight is 486 g/mol. The van der Waals surface area contributed by atoms with E-state index in [4.69, 9.17) is 9.72 Å². The zero-order chi connectivity index (χ0) is 25.6. The fourth-order valence-corrected chi connectivity index (χ4v) is 4.74. The van der Waals surface area contributed by atoms with E-state index in [1.54, 1.807) is 0 Å². The van der Waals surface area contributed by atoms with Gasteiger partial charge in [-0.05, 0) is 59.6 Å². The highest BCUT2D eigenvalue weighted by molar-refractivity contribution is 5.69. The summed E-state index contributed by atoms with van der Waals surface area (Å²) in [5.41, 5.74) is 5.97. The van der Waals surface area contributed by atoms with Crippen molar-refractivity contribution in [1.82, 2.24) is 4.98 Å². The molecule has 2 heteroatoms. The minimum absolute atomic E-state index is 0.711. The Balaban J connectivity index is 1.47. The van der Waals surface area contributed by atoms with Crippen LogP contribution in [-0.4, -0.2) is 11.6 Å². The summed E-state index contributed by atoms with van der Waals surface area (Å²) in [6, 6.07) is 21.6. The van der Waals surface area contributed by atoms with Crippen molar-refractivity contribution in [2.75, 3.05) is 6.61 Å². The highest BCUT2D eigenvalue weighted by Crippen LogP contribution is 2.26. The molecule has 0 N–H and O–H groups in total. The molecule has 1 unspecified atom stereocenters. The largest absolute Gasteiger partial charge is 0.494 e. The first-order valence-electron chi connectivity index (χ1n) is 14.3. The number of benzene rings is 2. The van der Waals surface area contributed by atoms with Crippen LogP contribution in [0.1, 0.15) is 91.0 Å². The van der Waals surface area contributed by atoms with Gasteiger partial charge in [0.15, 0.2) is 0 Å². The summed E-state index contributed by atoms with van der Waals surface area (Å²) in [5.74, 6) is 2.48. The molecule has 1 heterocycles. The van der Waals surface area contributed by atoms with Crippen molar-refractivity contribution in [3.8, 4) is 28.1 Å². The topological polar surface area (TPSA) is 22.1 Å². The maximum absolute atomic E-state index is 5.93. The Labute approximate surface area is 220 Å². The lowest BCUT2D eigenvalue weighted by atomic mass is 9.94. The van der Waals surface area contributed by atoms with Crippen molar-refractivity contribution in [3.63, 3.8) is 0 Å². The lowest BCUT2D eigenvalue weighted by Crippen LogP contribution is -2.01. The van der Waals surface area contributed by atoms with Crippen molar-refractivity contribution in [2.24, 2.45) is 11.8 Å². The van der Waals surface area contributed by atoms with Gasteiger partial charge in [-0.2, -0.15) is 0 Å². The van der Waals surface area contributed by atoms with E-state index in [1.165, 1.54) is 68.1 Å². The highest BCUT2D eigenvalue weighted by atomic mass is 16.5. The van der Waals surface area contributed by atoms with E-state index in [9.17, 15) is 0 Å². The second kappa shape index (κ2) is 15.5. The van der Waals surface area contributed by atoms with E-state index in [0.29, 0.717) is 5.92 Å². The summed E-state index contributed by atoms with van der Waals surface area (Å²) in [6.45, 7) is 10.0. The van der Waals surface area contributed by atoms with Gasteiger partial charge < -0.3 is 4.74 Å². The number of rotatable bonds is 16. The van der Waals surface area contributed by atoms with Gasteiger partial charge in [0, 0.05) is 11.8 Å². The molecule has 3 aromatic rings. The van der Waals surface area contributed by atoms with E-state index in [0.717, 1.165) is 42.4 Å². The third-order valence-electron chi connectivity index (χ3n) is 7.02. The fraction of sp³-hybridized carbons (Fsp3) is 0.500. The van der Waals surface area contributed by atoms with E-state index in [2.05, 4.69) is 94.6 Å². The average Bonchev–Trinajstić information content (AvgIpc) is 2.89. The van der Waals surface area contributed by atoms with Crippen LogP contribution in [0.25, 0.3) is 22.4 Å². The van der Waals surface area contributed by atoms with E-state index < -0.39 is 0 Å². The Bertz CT molecular complexity index is 973. The van der Waals surface area contributed by atoms with Crippen LogP contribution in [-0.2, 0) is 6.42 Å². The molecule has 0 fully saturated rings. The first kappa shape index (κ1) is 28.0. The minimum Gasteiger partial charge on any atom is -0.494 e. The Morgan fingerprint density at radius 3 is 1.94 bits per heavy atom. The Hall–Kier alpha value is -2.61. The molecular weight excluding hydrogens is 438 g/mol. The first-order valence-corrected chi connectivity index (χ1v) is 14.3. The van der Waals surface area contributed by atoms with Gasteiger partial charge in [-0.3, -0.25) is 4.98 Å². The second-order valence-electron chi connectivity index (χ2n) is 10.9. The molecule has 2 nitrogen and oxygen atoms in total. The number of unbranched alkanes of at least 4 members (excludes halogenated alkanes) is 5. The summed E-state index contributed by atoms with van der Waals surface area (Å²) in [4.78, 5) is 4.76. The van der Waals surface area contributed by atoms with Crippen LogP contribution in [0.2, 0.25) is 0 Å². The molecule has 0 radical (unpaired) electrons. The molecule has 0 saturated carbocycles. The van der Waals surface area contributed by atoms with Crippen molar-refractivity contribution in [1.29, 1.82) is 0 Å². The molecule has 194 valence electrons. The summed E-state index contributed by atoms with van der Waals surface area (Å²) in [5, 5.41) is 0. The maximum atomic E-state index is 5.93. The number of nitrogens with zero attached hydrogens (tertiary/aromatic N) is 1. The Morgan fingerprint density at radius 2 is 1.31 bits per heavy atom. The molecule has 36 heavy (non-hydrogen) atoms. The van der Waals surface area contributed by atoms with Crippen LogP contribution in [0, 0.1) is 11.8 Å². The van der Waals surface area contributed by atoms with E-state index in [1.807, 2.05) is 0 Å². The van der Waals surface area contributed by atoms with E-state index in [-0.39, 0.29) is 0 Å². The molecule has 0 spiro atoms. The van der Waals surface area contributed by atoms with Gasteiger partial charge in [-0.15, -0.1) is 0 Å². The van der Waals surface area contributed by atoms with Crippen LogP contribution < -0.4 is 4.74 Å². The molecule has 0 aliphatic carbocycles. The highest BCUT2D eigenvalue weighted by Gasteiger charge is 2.07. The Kier molecular flexibility index (Phi) is 12.0. The van der Waals surface area contributed by atoms with Crippen LogP contribution in [0.5, 0.6) is 5.75 Å². The standard InChI is InChI=1S/C34H47NO/c1-5-6-7-8-9-10-24-36-33-21-19-31(20-22-33)30-15-17-32(18-16-30)34-23-14-29(26-35-34)25-28(4)13-11-12-27(2)3/h14-23,26-28H,5-13,24-25H2,1-4H3. The van der Waals surface area contributed by atoms with Gasteiger partial charge >= 0.3 is 0 Å². The molecular formula is C34H47NO. The van der Waals surface area contributed by atoms with Crippen LogP contribution >= 0.6 is 0 Å². The molecule has 0 amide bonds. The molecule has 3 rings (SSSR count). The molecule has 0 aliphatic rings. The van der Waals surface area contributed by atoms with Crippen molar-refractivity contribution in [3.05, 3.63) is 72.4 Å². The predicted octanol–water partition coefficient (Wildman–Crippen LogP) is 10.2.